The molecule has 0 spiro atoms. The molecule has 0 atom stereocenters. The molecular weight excluding hydrogens is 332 g/mol. The molecule has 3 rings (SSSR count). The van der Waals surface area contributed by atoms with Crippen molar-refractivity contribution in [1.29, 1.82) is 0 Å². The summed E-state index contributed by atoms with van der Waals surface area (Å²) in [6.07, 6.45) is 3.58. The fourth-order valence-corrected chi connectivity index (χ4v) is 3.54. The number of benzene rings is 1. The number of ether oxygens (including phenoxy) is 1. The Kier molecular flexibility index (Phi) is 4.40. The third-order valence-corrected chi connectivity index (χ3v) is 4.72. The van der Waals surface area contributed by atoms with Gasteiger partial charge in [0.05, 0.1) is 17.2 Å². The average molecular weight is 346 g/mol. The molecule has 1 aromatic carbocycles. The fraction of sp³-hybridized carbons (Fsp3) is 0.188. The Hall–Kier alpha value is -2.25. The third-order valence-electron chi connectivity index (χ3n) is 3.33. The van der Waals surface area contributed by atoms with Crippen LogP contribution < -0.4 is 0 Å². The summed E-state index contributed by atoms with van der Waals surface area (Å²) < 4.78 is 6.70. The van der Waals surface area contributed by atoms with E-state index in [1.165, 1.54) is 15.9 Å². The Morgan fingerprint density at radius 3 is 3.04 bits per heavy atom. The van der Waals surface area contributed by atoms with Crippen LogP contribution in [0, 0.1) is 3.95 Å². The second kappa shape index (κ2) is 6.47. The molecule has 1 aromatic heterocycles. The molecule has 0 fully saturated rings. The van der Waals surface area contributed by atoms with E-state index in [9.17, 15) is 9.90 Å². The van der Waals surface area contributed by atoms with E-state index >= 15 is 0 Å². The summed E-state index contributed by atoms with van der Waals surface area (Å²) in [4.78, 5) is 16.5. The van der Waals surface area contributed by atoms with Gasteiger partial charge >= 0.3 is 5.97 Å². The van der Waals surface area contributed by atoms with Gasteiger partial charge in [-0.25, -0.2) is 0 Å². The summed E-state index contributed by atoms with van der Waals surface area (Å²) in [5, 5.41) is 10.3. The van der Waals surface area contributed by atoms with Gasteiger partial charge in [-0.05, 0) is 31.3 Å². The number of rotatable bonds is 4. The average Bonchev–Trinajstić information content (AvgIpc) is 3.05. The lowest BCUT2D eigenvalue weighted by Gasteiger charge is -2.04. The maximum atomic E-state index is 11.6. The molecule has 0 saturated carbocycles. The molecule has 7 heteroatoms. The van der Waals surface area contributed by atoms with E-state index in [2.05, 4.69) is 4.99 Å². The van der Waals surface area contributed by atoms with Gasteiger partial charge in [0.1, 0.15) is 6.54 Å². The van der Waals surface area contributed by atoms with Crippen LogP contribution in [0.3, 0.4) is 0 Å². The van der Waals surface area contributed by atoms with Gasteiger partial charge in [-0.2, -0.15) is 0 Å². The van der Waals surface area contributed by atoms with Crippen molar-refractivity contribution < 1.29 is 14.6 Å². The van der Waals surface area contributed by atoms with E-state index < -0.39 is 5.97 Å². The van der Waals surface area contributed by atoms with Gasteiger partial charge in [0, 0.05) is 17.4 Å². The van der Waals surface area contributed by atoms with E-state index in [1.54, 1.807) is 13.1 Å². The number of carbonyl (C=O) groups excluding carboxylic acids is 1. The summed E-state index contributed by atoms with van der Waals surface area (Å²) in [5.74, 6) is -0.456. The number of thiazole rings is 1. The van der Waals surface area contributed by atoms with Gasteiger partial charge in [0.15, 0.2) is 3.95 Å². The van der Waals surface area contributed by atoms with Gasteiger partial charge in [-0.15, -0.1) is 11.3 Å². The van der Waals surface area contributed by atoms with E-state index in [0.29, 0.717) is 15.4 Å². The van der Waals surface area contributed by atoms with E-state index in [0.717, 1.165) is 16.8 Å². The number of fused-ring (bicyclic) bond motifs is 1. The minimum atomic E-state index is -0.427. The summed E-state index contributed by atoms with van der Waals surface area (Å²) in [7, 11) is 0. The Balaban J connectivity index is 1.94. The molecule has 1 N–H and O–H groups in total. The second-order valence-corrected chi connectivity index (χ2v) is 6.50. The highest BCUT2D eigenvalue weighted by Crippen LogP contribution is 2.35. The number of hydrogen-bond donors (Lipinski definition) is 1. The SMILES string of the molecule is CCOC(=O)Cn1c(O)c(/C=C2\C=Nc3ccccc32)sc1=S. The zero-order valence-corrected chi connectivity index (χ0v) is 14.0. The first-order valence-electron chi connectivity index (χ1n) is 7.03. The normalized spacial score (nSPS) is 14.2. The van der Waals surface area contributed by atoms with Crippen molar-refractivity contribution in [2.45, 2.75) is 13.5 Å². The first kappa shape index (κ1) is 15.6. The Bertz CT molecular complexity index is 878. The van der Waals surface area contributed by atoms with Gasteiger partial charge in [0.2, 0.25) is 5.88 Å². The maximum absolute atomic E-state index is 11.6. The lowest BCUT2D eigenvalue weighted by molar-refractivity contribution is -0.143. The molecule has 5 nitrogen and oxygen atoms in total. The fourth-order valence-electron chi connectivity index (χ4n) is 2.28. The van der Waals surface area contributed by atoms with Crippen molar-refractivity contribution in [2.24, 2.45) is 4.99 Å². The maximum Gasteiger partial charge on any atom is 0.326 e. The van der Waals surface area contributed by atoms with Crippen LogP contribution in [0.4, 0.5) is 5.69 Å². The first-order valence-corrected chi connectivity index (χ1v) is 8.26. The Morgan fingerprint density at radius 2 is 2.26 bits per heavy atom. The number of hydrogen-bond acceptors (Lipinski definition) is 6. The van der Waals surface area contributed by atoms with Gasteiger partial charge in [-0.3, -0.25) is 14.4 Å². The van der Waals surface area contributed by atoms with Gasteiger partial charge < -0.3 is 9.84 Å². The molecule has 118 valence electrons. The van der Waals surface area contributed by atoms with Crippen LogP contribution in [0.25, 0.3) is 11.6 Å². The molecule has 1 aliphatic rings. The lowest BCUT2D eigenvalue weighted by atomic mass is 10.1. The second-order valence-electron chi connectivity index (χ2n) is 4.82. The van der Waals surface area contributed by atoms with E-state index in [4.69, 9.17) is 17.0 Å². The molecule has 0 saturated heterocycles. The summed E-state index contributed by atoms with van der Waals surface area (Å²) >= 11 is 6.48. The Morgan fingerprint density at radius 1 is 1.48 bits per heavy atom. The number of allylic oxidation sites excluding steroid dienone is 1. The molecule has 0 aliphatic carbocycles. The highest BCUT2D eigenvalue weighted by atomic mass is 32.1. The number of para-hydroxylation sites is 1. The van der Waals surface area contributed by atoms with Crippen molar-refractivity contribution in [1.82, 2.24) is 4.57 Å². The third kappa shape index (κ3) is 3.11. The molecule has 0 radical (unpaired) electrons. The zero-order valence-electron chi connectivity index (χ0n) is 12.4. The summed E-state index contributed by atoms with van der Waals surface area (Å²) in [5.41, 5.74) is 2.80. The smallest absolute Gasteiger partial charge is 0.326 e. The van der Waals surface area contributed by atoms with Crippen LogP contribution in [-0.4, -0.2) is 28.5 Å². The van der Waals surface area contributed by atoms with Crippen LogP contribution in [-0.2, 0) is 16.1 Å². The van der Waals surface area contributed by atoms with E-state index in [-0.39, 0.29) is 12.4 Å². The van der Waals surface area contributed by atoms with Crippen LogP contribution in [0.5, 0.6) is 5.88 Å². The van der Waals surface area contributed by atoms with Gasteiger partial charge in [0.25, 0.3) is 0 Å². The van der Waals surface area contributed by atoms with Crippen molar-refractivity contribution >= 4 is 53.1 Å². The van der Waals surface area contributed by atoms with Crippen molar-refractivity contribution in [2.75, 3.05) is 6.61 Å². The molecule has 23 heavy (non-hydrogen) atoms. The number of esters is 1. The molecule has 0 bridgehead atoms. The van der Waals surface area contributed by atoms with E-state index in [1.807, 2.05) is 30.3 Å². The molecule has 0 unspecified atom stereocenters. The largest absolute Gasteiger partial charge is 0.493 e. The van der Waals surface area contributed by atoms with Crippen molar-refractivity contribution in [3.8, 4) is 5.88 Å². The van der Waals surface area contributed by atoms with Crippen molar-refractivity contribution in [3.05, 3.63) is 38.7 Å². The number of nitrogens with zero attached hydrogens (tertiary/aromatic N) is 2. The standard InChI is InChI=1S/C16H14N2O3S2/c1-2-21-14(19)9-18-15(20)13(23-16(18)22)7-10-8-17-12-6-4-3-5-11(10)12/h3-8,20H,2,9H2,1H3/b10-7+. The predicted octanol–water partition coefficient (Wildman–Crippen LogP) is 3.80. The number of aliphatic imine (C=N–C) groups is 1. The Labute approximate surface area is 142 Å². The quantitative estimate of drug-likeness (QED) is 0.675. The highest BCUT2D eigenvalue weighted by Gasteiger charge is 2.16. The molecule has 0 amide bonds. The molecule has 1 aliphatic heterocycles. The first-order chi connectivity index (χ1) is 11.1. The molecule has 2 heterocycles. The zero-order chi connectivity index (χ0) is 16.4. The number of aromatic nitrogens is 1. The van der Waals surface area contributed by atoms with Crippen molar-refractivity contribution in [3.63, 3.8) is 0 Å². The summed E-state index contributed by atoms with van der Waals surface area (Å²) in [6.45, 7) is 1.93. The summed E-state index contributed by atoms with van der Waals surface area (Å²) in [6, 6.07) is 7.77. The predicted molar refractivity (Wildman–Crippen MR) is 93.9 cm³/mol. The van der Waals surface area contributed by atoms with Crippen LogP contribution in [0.1, 0.15) is 17.4 Å². The van der Waals surface area contributed by atoms with Crippen LogP contribution in [0.15, 0.2) is 29.3 Å². The highest BCUT2D eigenvalue weighted by molar-refractivity contribution is 7.73. The monoisotopic (exact) mass is 346 g/mol. The lowest BCUT2D eigenvalue weighted by Crippen LogP contribution is -2.12. The van der Waals surface area contributed by atoms with Gasteiger partial charge in [-0.1, -0.05) is 18.2 Å². The van der Waals surface area contributed by atoms with Crippen LogP contribution in [0.2, 0.25) is 0 Å². The minimum Gasteiger partial charge on any atom is -0.493 e. The topological polar surface area (TPSA) is 63.8 Å². The number of carbonyl (C=O) groups is 1. The molecular formula is C16H14N2O3S2. The van der Waals surface area contributed by atoms with Crippen LogP contribution >= 0.6 is 23.6 Å². The molecule has 2 aromatic rings. The number of aromatic hydroxyl groups is 1. The minimum absolute atomic E-state index is 0.0293.